The Morgan fingerprint density at radius 2 is 2.45 bits per heavy atom. The van der Waals surface area contributed by atoms with Gasteiger partial charge in [0.25, 0.3) is 0 Å². The normalized spacial score (nSPS) is 19.0. The Morgan fingerprint density at radius 1 is 1.59 bits per heavy atom. The Kier molecular flexibility index (Phi) is 4.32. The topological polar surface area (TPSA) is 77.9 Å². The second-order valence-corrected chi connectivity index (χ2v) is 5.91. The standard InChI is InChI=1S/C16H16ClN3O2/c17-12-1-2-14-13(6-12)11(8-19-14)5-16(21)20-15(7-18)10-3-4-22-9-10/h1-2,6,8,10,15,19H,3-5,9H2,(H,20,21)/t10-,15-/m0/s1. The minimum absolute atomic E-state index is 0.0753. The molecule has 2 atom stereocenters. The SMILES string of the molecule is N#C[C@H](NC(=O)Cc1c[nH]c2ccc(Cl)cc12)[C@H]1CCOC1. The summed E-state index contributed by atoms with van der Waals surface area (Å²) in [6, 6.07) is 7.18. The zero-order valence-electron chi connectivity index (χ0n) is 11.9. The van der Waals surface area contributed by atoms with Crippen LogP contribution in [-0.2, 0) is 16.0 Å². The average Bonchev–Trinajstić information content (AvgIpc) is 3.15. The summed E-state index contributed by atoms with van der Waals surface area (Å²) in [6.45, 7) is 1.18. The van der Waals surface area contributed by atoms with Crippen molar-refractivity contribution in [2.45, 2.75) is 18.9 Å². The van der Waals surface area contributed by atoms with Crippen LogP contribution in [0.1, 0.15) is 12.0 Å². The number of nitriles is 1. The van der Waals surface area contributed by atoms with Crippen molar-refractivity contribution in [1.29, 1.82) is 5.26 Å². The maximum absolute atomic E-state index is 12.2. The van der Waals surface area contributed by atoms with Crippen LogP contribution in [0.25, 0.3) is 10.9 Å². The third-order valence-corrected chi connectivity index (χ3v) is 4.21. The Morgan fingerprint density at radius 3 is 3.18 bits per heavy atom. The molecule has 1 saturated heterocycles. The van der Waals surface area contributed by atoms with E-state index >= 15 is 0 Å². The molecular weight excluding hydrogens is 302 g/mol. The molecule has 6 heteroatoms. The van der Waals surface area contributed by atoms with Crippen molar-refractivity contribution in [3.05, 3.63) is 35.0 Å². The van der Waals surface area contributed by atoms with Crippen LogP contribution in [0.15, 0.2) is 24.4 Å². The smallest absolute Gasteiger partial charge is 0.225 e. The molecule has 2 aromatic rings. The summed E-state index contributed by atoms with van der Waals surface area (Å²) in [7, 11) is 0. The summed E-state index contributed by atoms with van der Waals surface area (Å²) in [5.41, 5.74) is 1.81. The van der Waals surface area contributed by atoms with E-state index in [1.807, 2.05) is 12.1 Å². The lowest BCUT2D eigenvalue weighted by atomic mass is 10.00. The number of rotatable bonds is 4. The van der Waals surface area contributed by atoms with Crippen LogP contribution in [-0.4, -0.2) is 30.1 Å². The molecule has 0 unspecified atom stereocenters. The predicted octanol–water partition coefficient (Wildman–Crippen LogP) is 2.41. The monoisotopic (exact) mass is 317 g/mol. The number of carbonyl (C=O) groups is 1. The number of H-pyrrole nitrogens is 1. The lowest BCUT2D eigenvalue weighted by molar-refractivity contribution is -0.121. The summed E-state index contributed by atoms with van der Waals surface area (Å²) < 4.78 is 5.28. The number of fused-ring (bicyclic) bond motifs is 1. The quantitative estimate of drug-likeness (QED) is 0.909. The molecule has 0 radical (unpaired) electrons. The molecule has 1 amide bonds. The summed E-state index contributed by atoms with van der Waals surface area (Å²) in [5.74, 6) is -0.0920. The molecule has 1 fully saturated rings. The molecule has 0 saturated carbocycles. The Labute approximate surface area is 133 Å². The fourth-order valence-electron chi connectivity index (χ4n) is 2.77. The molecule has 114 valence electrons. The number of hydrogen-bond donors (Lipinski definition) is 2. The number of aromatic amines is 1. The first-order valence-electron chi connectivity index (χ1n) is 7.19. The second kappa shape index (κ2) is 6.39. The Hall–Kier alpha value is -2.03. The highest BCUT2D eigenvalue weighted by Gasteiger charge is 2.27. The van der Waals surface area contributed by atoms with Crippen LogP contribution in [0.4, 0.5) is 0 Å². The van der Waals surface area contributed by atoms with E-state index < -0.39 is 6.04 Å². The van der Waals surface area contributed by atoms with E-state index in [-0.39, 0.29) is 18.2 Å². The molecule has 1 aliphatic heterocycles. The van der Waals surface area contributed by atoms with E-state index in [9.17, 15) is 10.1 Å². The highest BCUT2D eigenvalue weighted by molar-refractivity contribution is 6.31. The van der Waals surface area contributed by atoms with E-state index in [4.69, 9.17) is 16.3 Å². The van der Waals surface area contributed by atoms with Gasteiger partial charge in [-0.2, -0.15) is 5.26 Å². The van der Waals surface area contributed by atoms with Gasteiger partial charge < -0.3 is 15.0 Å². The molecule has 0 bridgehead atoms. The molecule has 22 heavy (non-hydrogen) atoms. The number of aromatic nitrogens is 1. The molecule has 0 spiro atoms. The molecule has 1 aromatic carbocycles. The van der Waals surface area contributed by atoms with Crippen LogP contribution in [0.3, 0.4) is 0 Å². The van der Waals surface area contributed by atoms with Gasteiger partial charge in [-0.05, 0) is 30.2 Å². The number of amides is 1. The zero-order chi connectivity index (χ0) is 15.5. The van der Waals surface area contributed by atoms with E-state index in [1.165, 1.54) is 0 Å². The number of ether oxygens (including phenoxy) is 1. The lowest BCUT2D eigenvalue weighted by Gasteiger charge is -2.16. The number of nitrogens with one attached hydrogen (secondary N) is 2. The number of nitrogens with zero attached hydrogens (tertiary/aromatic N) is 1. The largest absolute Gasteiger partial charge is 0.381 e. The van der Waals surface area contributed by atoms with Gasteiger partial charge >= 0.3 is 0 Å². The van der Waals surface area contributed by atoms with Crippen molar-refractivity contribution in [3.8, 4) is 6.07 Å². The molecule has 2 heterocycles. The summed E-state index contributed by atoms with van der Waals surface area (Å²) in [4.78, 5) is 15.3. The van der Waals surface area contributed by atoms with Crippen molar-refractivity contribution in [2.75, 3.05) is 13.2 Å². The maximum Gasteiger partial charge on any atom is 0.225 e. The molecule has 1 aromatic heterocycles. The second-order valence-electron chi connectivity index (χ2n) is 5.48. The number of benzene rings is 1. The first-order chi connectivity index (χ1) is 10.7. The van der Waals surface area contributed by atoms with Crippen molar-refractivity contribution in [3.63, 3.8) is 0 Å². The van der Waals surface area contributed by atoms with Gasteiger partial charge in [-0.1, -0.05) is 11.6 Å². The zero-order valence-corrected chi connectivity index (χ0v) is 12.7. The van der Waals surface area contributed by atoms with Crippen molar-refractivity contribution < 1.29 is 9.53 Å². The summed E-state index contributed by atoms with van der Waals surface area (Å²) in [5, 5.41) is 13.6. The van der Waals surface area contributed by atoms with Crippen molar-refractivity contribution >= 4 is 28.4 Å². The summed E-state index contributed by atoms with van der Waals surface area (Å²) in [6.07, 6.45) is 2.83. The third-order valence-electron chi connectivity index (χ3n) is 3.97. The van der Waals surface area contributed by atoms with E-state index in [1.54, 1.807) is 12.3 Å². The molecular formula is C16H16ClN3O2. The Bertz CT molecular complexity index is 729. The number of carbonyl (C=O) groups excluding carboxylic acids is 1. The highest BCUT2D eigenvalue weighted by atomic mass is 35.5. The fraction of sp³-hybridized carbons (Fsp3) is 0.375. The van der Waals surface area contributed by atoms with Crippen molar-refractivity contribution in [2.24, 2.45) is 5.92 Å². The van der Waals surface area contributed by atoms with Gasteiger partial charge in [0.2, 0.25) is 5.91 Å². The molecule has 2 N–H and O–H groups in total. The minimum atomic E-state index is -0.496. The molecule has 3 rings (SSSR count). The first-order valence-corrected chi connectivity index (χ1v) is 7.57. The van der Waals surface area contributed by atoms with E-state index in [0.717, 1.165) is 22.9 Å². The lowest BCUT2D eigenvalue weighted by Crippen LogP contribution is -2.40. The van der Waals surface area contributed by atoms with Crippen molar-refractivity contribution in [1.82, 2.24) is 10.3 Å². The van der Waals surface area contributed by atoms with E-state index in [2.05, 4.69) is 16.4 Å². The molecule has 1 aliphatic rings. The first kappa shape index (κ1) is 14.9. The minimum Gasteiger partial charge on any atom is -0.381 e. The van der Waals surface area contributed by atoms with Crippen LogP contribution in [0.2, 0.25) is 5.02 Å². The fourth-order valence-corrected chi connectivity index (χ4v) is 2.94. The van der Waals surface area contributed by atoms with Gasteiger partial charge in [0.1, 0.15) is 6.04 Å². The molecule has 0 aliphatic carbocycles. The van der Waals surface area contributed by atoms with Gasteiger partial charge in [0.15, 0.2) is 0 Å². The number of hydrogen-bond acceptors (Lipinski definition) is 3. The molecule has 5 nitrogen and oxygen atoms in total. The highest BCUT2D eigenvalue weighted by Crippen LogP contribution is 2.23. The van der Waals surface area contributed by atoms with Crippen LogP contribution in [0.5, 0.6) is 0 Å². The maximum atomic E-state index is 12.2. The van der Waals surface area contributed by atoms with Crippen LogP contribution < -0.4 is 5.32 Å². The average molecular weight is 318 g/mol. The Balaban J connectivity index is 1.70. The van der Waals surface area contributed by atoms with Gasteiger partial charge in [-0.25, -0.2) is 0 Å². The van der Waals surface area contributed by atoms with E-state index in [0.29, 0.717) is 18.2 Å². The third kappa shape index (κ3) is 3.08. The summed E-state index contributed by atoms with van der Waals surface area (Å²) >= 11 is 6.01. The van der Waals surface area contributed by atoms with Gasteiger partial charge in [0.05, 0.1) is 19.1 Å². The van der Waals surface area contributed by atoms with Crippen LogP contribution >= 0.6 is 11.6 Å². The van der Waals surface area contributed by atoms with Gasteiger partial charge in [-0.3, -0.25) is 4.79 Å². The van der Waals surface area contributed by atoms with Gasteiger partial charge in [0, 0.05) is 34.6 Å². The van der Waals surface area contributed by atoms with Crippen LogP contribution in [0, 0.1) is 17.2 Å². The van der Waals surface area contributed by atoms with Gasteiger partial charge in [-0.15, -0.1) is 0 Å². The number of halogens is 1. The predicted molar refractivity (Wildman–Crippen MR) is 83.5 cm³/mol.